The molecule has 29 heavy (non-hydrogen) atoms. The Morgan fingerprint density at radius 1 is 1.00 bits per heavy atom. The average molecular weight is 397 g/mol. The standard InChI is InChI=1S/C22H21F2N3O2/c1-14(28)18-13-27(16-5-3-15(23)4-6-16)20-12-21(19(24)11-17(20)22(18)29)26-9-7-25(2)8-10-26/h3-6,11-13H,7-10H2,1-2H3. The number of hydrogen-bond acceptors (Lipinski definition) is 4. The number of rotatable bonds is 3. The van der Waals surface area contributed by atoms with E-state index in [4.69, 9.17) is 0 Å². The smallest absolute Gasteiger partial charge is 0.200 e. The number of hydrogen-bond donors (Lipinski definition) is 0. The zero-order valence-corrected chi connectivity index (χ0v) is 16.3. The van der Waals surface area contributed by atoms with Crippen LogP contribution in [0.1, 0.15) is 17.3 Å². The Hall–Kier alpha value is -3.06. The van der Waals surface area contributed by atoms with Crippen molar-refractivity contribution in [2.75, 3.05) is 38.1 Å². The number of carbonyl (C=O) groups excluding carboxylic acids is 1. The third-order valence-electron chi connectivity index (χ3n) is 5.40. The quantitative estimate of drug-likeness (QED) is 0.637. The Balaban J connectivity index is 1.97. The second-order valence-corrected chi connectivity index (χ2v) is 7.39. The van der Waals surface area contributed by atoms with Crippen molar-refractivity contribution >= 4 is 22.4 Å². The van der Waals surface area contributed by atoms with E-state index in [1.165, 1.54) is 31.3 Å². The van der Waals surface area contributed by atoms with Crippen LogP contribution in [-0.2, 0) is 0 Å². The molecule has 0 atom stereocenters. The van der Waals surface area contributed by atoms with E-state index in [-0.39, 0.29) is 10.9 Å². The summed E-state index contributed by atoms with van der Waals surface area (Å²) in [5, 5.41) is 0.123. The lowest BCUT2D eigenvalue weighted by atomic mass is 10.1. The van der Waals surface area contributed by atoms with Gasteiger partial charge >= 0.3 is 0 Å². The van der Waals surface area contributed by atoms with Gasteiger partial charge in [-0.2, -0.15) is 0 Å². The predicted molar refractivity (Wildman–Crippen MR) is 109 cm³/mol. The summed E-state index contributed by atoms with van der Waals surface area (Å²) in [5.74, 6) is -1.29. The number of pyridine rings is 1. The van der Waals surface area contributed by atoms with Crippen molar-refractivity contribution in [1.82, 2.24) is 9.47 Å². The summed E-state index contributed by atoms with van der Waals surface area (Å²) in [5.41, 5.74) is 0.927. The van der Waals surface area contributed by atoms with Gasteiger partial charge in [0.25, 0.3) is 0 Å². The van der Waals surface area contributed by atoms with Gasteiger partial charge in [0.15, 0.2) is 11.2 Å². The highest BCUT2D eigenvalue weighted by Gasteiger charge is 2.21. The van der Waals surface area contributed by atoms with Crippen molar-refractivity contribution in [2.45, 2.75) is 6.92 Å². The number of Topliss-reactive ketones (excluding diaryl/α,β-unsaturated/α-hetero) is 1. The molecule has 4 rings (SSSR count). The van der Waals surface area contributed by atoms with Crippen LogP contribution >= 0.6 is 0 Å². The number of likely N-dealkylation sites (N-methyl/N-ethyl adjacent to an activating group) is 1. The van der Waals surface area contributed by atoms with Gasteiger partial charge < -0.3 is 14.4 Å². The average Bonchev–Trinajstić information content (AvgIpc) is 2.70. The normalized spacial score (nSPS) is 15.1. The lowest BCUT2D eigenvalue weighted by Crippen LogP contribution is -2.44. The number of piperazine rings is 1. The maximum atomic E-state index is 15.0. The molecular formula is C22H21F2N3O2. The van der Waals surface area contributed by atoms with Crippen LogP contribution in [-0.4, -0.2) is 48.5 Å². The molecule has 1 saturated heterocycles. The Morgan fingerprint density at radius 3 is 2.28 bits per heavy atom. The molecule has 0 spiro atoms. The largest absolute Gasteiger partial charge is 0.367 e. The van der Waals surface area contributed by atoms with E-state index < -0.39 is 22.8 Å². The first-order chi connectivity index (χ1) is 13.8. The molecule has 0 bridgehead atoms. The first kappa shape index (κ1) is 19.3. The molecule has 5 nitrogen and oxygen atoms in total. The van der Waals surface area contributed by atoms with Gasteiger partial charge in [-0.3, -0.25) is 9.59 Å². The Bertz CT molecular complexity index is 1150. The molecule has 0 radical (unpaired) electrons. The number of aromatic nitrogens is 1. The third-order valence-corrected chi connectivity index (χ3v) is 5.40. The Morgan fingerprint density at radius 2 is 1.66 bits per heavy atom. The van der Waals surface area contributed by atoms with Crippen LogP contribution < -0.4 is 10.3 Å². The summed E-state index contributed by atoms with van der Waals surface area (Å²) in [6.07, 6.45) is 1.45. The summed E-state index contributed by atoms with van der Waals surface area (Å²) in [4.78, 5) is 28.9. The fourth-order valence-corrected chi connectivity index (χ4v) is 3.69. The van der Waals surface area contributed by atoms with Crippen LogP contribution in [0.25, 0.3) is 16.6 Å². The summed E-state index contributed by atoms with van der Waals surface area (Å²) >= 11 is 0. The maximum absolute atomic E-state index is 15.0. The van der Waals surface area contributed by atoms with Gasteiger partial charge in [-0.15, -0.1) is 0 Å². The highest BCUT2D eigenvalue weighted by atomic mass is 19.1. The topological polar surface area (TPSA) is 45.6 Å². The molecule has 1 fully saturated rings. The van der Waals surface area contributed by atoms with Gasteiger partial charge in [-0.05, 0) is 50.4 Å². The Labute approximate surface area is 166 Å². The number of benzene rings is 2. The lowest BCUT2D eigenvalue weighted by Gasteiger charge is -2.34. The fourth-order valence-electron chi connectivity index (χ4n) is 3.69. The molecule has 1 aliphatic rings. The second-order valence-electron chi connectivity index (χ2n) is 7.39. The zero-order chi connectivity index (χ0) is 20.7. The monoisotopic (exact) mass is 397 g/mol. The van der Waals surface area contributed by atoms with Gasteiger partial charge in [0.1, 0.15) is 11.6 Å². The van der Waals surface area contributed by atoms with Crippen LogP contribution in [0.5, 0.6) is 0 Å². The summed E-state index contributed by atoms with van der Waals surface area (Å²) in [6.45, 7) is 4.26. The molecule has 150 valence electrons. The molecule has 2 aromatic carbocycles. The SMILES string of the molecule is CC(=O)c1cn(-c2ccc(F)cc2)c2cc(N3CCN(C)CC3)c(F)cc2c1=O. The zero-order valence-electron chi connectivity index (χ0n) is 16.3. The van der Waals surface area contributed by atoms with Crippen molar-refractivity contribution in [3.8, 4) is 5.69 Å². The van der Waals surface area contributed by atoms with Crippen molar-refractivity contribution in [3.63, 3.8) is 0 Å². The number of nitrogens with zero attached hydrogens (tertiary/aromatic N) is 3. The van der Waals surface area contributed by atoms with Crippen LogP contribution in [0.3, 0.4) is 0 Å². The van der Waals surface area contributed by atoms with Gasteiger partial charge in [0, 0.05) is 43.4 Å². The van der Waals surface area contributed by atoms with E-state index in [0.717, 1.165) is 13.1 Å². The van der Waals surface area contributed by atoms with Gasteiger partial charge in [-0.1, -0.05) is 0 Å². The van der Waals surface area contributed by atoms with E-state index in [9.17, 15) is 18.4 Å². The van der Waals surface area contributed by atoms with Crippen LogP contribution in [0.15, 0.2) is 47.4 Å². The number of fused-ring (bicyclic) bond motifs is 1. The highest BCUT2D eigenvalue weighted by Crippen LogP contribution is 2.28. The first-order valence-electron chi connectivity index (χ1n) is 9.44. The van der Waals surface area contributed by atoms with E-state index >= 15 is 0 Å². The number of anilines is 1. The van der Waals surface area contributed by atoms with E-state index in [1.807, 2.05) is 11.9 Å². The van der Waals surface area contributed by atoms with Crippen LogP contribution in [0.2, 0.25) is 0 Å². The lowest BCUT2D eigenvalue weighted by molar-refractivity contribution is 0.101. The highest BCUT2D eigenvalue weighted by molar-refractivity contribution is 5.98. The van der Waals surface area contributed by atoms with E-state index in [1.54, 1.807) is 22.8 Å². The van der Waals surface area contributed by atoms with Crippen LogP contribution in [0, 0.1) is 11.6 Å². The maximum Gasteiger partial charge on any atom is 0.200 e. The molecule has 0 N–H and O–H groups in total. The molecule has 2 heterocycles. The van der Waals surface area contributed by atoms with Crippen molar-refractivity contribution in [3.05, 3.63) is 70.0 Å². The van der Waals surface area contributed by atoms with Crippen LogP contribution in [0.4, 0.5) is 14.5 Å². The molecule has 3 aromatic rings. The molecule has 0 unspecified atom stereocenters. The minimum Gasteiger partial charge on any atom is -0.367 e. The van der Waals surface area contributed by atoms with Crippen molar-refractivity contribution < 1.29 is 13.6 Å². The minimum atomic E-state index is -0.505. The van der Waals surface area contributed by atoms with E-state index in [2.05, 4.69) is 4.90 Å². The number of carbonyl (C=O) groups is 1. The molecule has 0 saturated carbocycles. The molecular weight excluding hydrogens is 376 g/mol. The fraction of sp³-hybridized carbons (Fsp3) is 0.273. The van der Waals surface area contributed by atoms with Gasteiger partial charge in [0.05, 0.1) is 16.8 Å². The van der Waals surface area contributed by atoms with Gasteiger partial charge in [-0.25, -0.2) is 8.78 Å². The molecule has 0 amide bonds. The molecule has 0 aliphatic carbocycles. The molecule has 7 heteroatoms. The number of ketones is 1. The molecule has 1 aliphatic heterocycles. The van der Waals surface area contributed by atoms with Gasteiger partial charge in [0.2, 0.25) is 0 Å². The first-order valence-corrected chi connectivity index (χ1v) is 9.44. The second kappa shape index (κ2) is 7.40. The van der Waals surface area contributed by atoms with Crippen molar-refractivity contribution in [2.24, 2.45) is 0 Å². The number of halogens is 2. The summed E-state index contributed by atoms with van der Waals surface area (Å²) in [7, 11) is 2.02. The van der Waals surface area contributed by atoms with Crippen molar-refractivity contribution in [1.29, 1.82) is 0 Å². The molecule has 1 aromatic heterocycles. The summed E-state index contributed by atoms with van der Waals surface area (Å²) in [6, 6.07) is 8.57. The third kappa shape index (κ3) is 3.53. The summed E-state index contributed by atoms with van der Waals surface area (Å²) < 4.78 is 30.0. The van der Waals surface area contributed by atoms with E-state index in [0.29, 0.717) is 30.0 Å². The minimum absolute atomic E-state index is 0.0337. The predicted octanol–water partition coefficient (Wildman–Crippen LogP) is 3.22. The Kier molecular flexibility index (Phi) is 4.92.